The van der Waals surface area contributed by atoms with Gasteiger partial charge in [-0.2, -0.15) is 0 Å². The minimum absolute atomic E-state index is 0.000946. The van der Waals surface area contributed by atoms with Gasteiger partial charge in [-0.1, -0.05) is 0 Å². The first-order valence-corrected chi connectivity index (χ1v) is 15.9. The summed E-state index contributed by atoms with van der Waals surface area (Å²) in [6.07, 6.45) is -12.9. The number of aromatic hydroxyl groups is 1. The molecule has 1 fully saturated rings. The van der Waals surface area contributed by atoms with Crippen LogP contribution in [-0.4, -0.2) is 97.4 Å². The number of methoxy groups -OCH3 is 2. The summed E-state index contributed by atoms with van der Waals surface area (Å²) in [5.41, 5.74) is -3.97. The molecule has 1 aliphatic rings. The smallest absolute Gasteiger partial charge is 0.508 e. The van der Waals surface area contributed by atoms with Crippen LogP contribution in [0.1, 0.15) is 94.8 Å². The van der Waals surface area contributed by atoms with Gasteiger partial charge < -0.3 is 57.2 Å². The molecule has 0 bridgehead atoms. The van der Waals surface area contributed by atoms with Crippen molar-refractivity contribution in [3.63, 3.8) is 0 Å². The van der Waals surface area contributed by atoms with Crippen molar-refractivity contribution in [2.75, 3.05) is 20.8 Å². The van der Waals surface area contributed by atoms with Crippen LogP contribution in [-0.2, 0) is 42.6 Å². The second-order valence-electron chi connectivity index (χ2n) is 15.3. The van der Waals surface area contributed by atoms with E-state index in [9.17, 15) is 24.3 Å². The molecule has 2 rings (SSSR count). The Kier molecular flexibility index (Phi) is 13.5. The molecule has 284 valence electrons. The first-order chi connectivity index (χ1) is 22.7. The third kappa shape index (κ3) is 13.5. The molecule has 1 N–H and O–H groups in total. The summed E-state index contributed by atoms with van der Waals surface area (Å²) in [6.45, 7) is 18.6. The van der Waals surface area contributed by atoms with Crippen LogP contribution in [0.3, 0.4) is 0 Å². The monoisotopic (exact) mass is 716 g/mol. The number of carbonyl (C=O) groups is 4. The van der Waals surface area contributed by atoms with Crippen LogP contribution >= 0.6 is 0 Å². The van der Waals surface area contributed by atoms with Crippen molar-refractivity contribution < 1.29 is 76.4 Å². The van der Waals surface area contributed by atoms with Gasteiger partial charge in [0.15, 0.2) is 18.3 Å². The van der Waals surface area contributed by atoms with Crippen LogP contribution in [0.15, 0.2) is 12.1 Å². The fourth-order valence-electron chi connectivity index (χ4n) is 4.48. The molecule has 0 saturated carbocycles. The quantitative estimate of drug-likeness (QED) is 0.219. The van der Waals surface area contributed by atoms with Gasteiger partial charge in [-0.25, -0.2) is 19.2 Å². The van der Waals surface area contributed by atoms with Crippen molar-refractivity contribution >= 4 is 24.6 Å². The average molecular weight is 717 g/mol. The Hall–Kier alpha value is -4.34. The van der Waals surface area contributed by atoms with Crippen LogP contribution in [0.5, 0.6) is 17.2 Å². The van der Waals surface area contributed by atoms with Gasteiger partial charge in [0, 0.05) is 12.1 Å². The Balaban J connectivity index is 2.87. The van der Waals surface area contributed by atoms with Crippen molar-refractivity contribution in [1.82, 2.24) is 0 Å². The van der Waals surface area contributed by atoms with Crippen molar-refractivity contribution in [3.8, 4) is 17.2 Å². The van der Waals surface area contributed by atoms with Crippen LogP contribution in [0.2, 0.25) is 0 Å². The van der Waals surface area contributed by atoms with E-state index in [4.69, 9.17) is 52.1 Å². The van der Waals surface area contributed by atoms with Gasteiger partial charge in [0.1, 0.15) is 58.5 Å². The largest absolute Gasteiger partial charge is 0.509 e. The molecule has 0 aromatic heterocycles. The summed E-state index contributed by atoms with van der Waals surface area (Å²) < 4.78 is 61.6. The molecule has 5 atom stereocenters. The normalized spacial score (nSPS) is 21.2. The van der Waals surface area contributed by atoms with Gasteiger partial charge >= 0.3 is 24.6 Å². The SMILES string of the molecule is COc1cc(O)cc(OC)c1[C@@H]1O[C@@H](COC(=O)OC(C)(C)C)[C@@H](OC(=O)OC(C)(C)C)C(OC(=O)OC(C)(C)C)C1OC(=O)OC(C)(C)C. The molecule has 16 nitrogen and oxygen atoms in total. The van der Waals surface area contributed by atoms with Gasteiger partial charge in [-0.3, -0.25) is 0 Å². The number of hydrogen-bond acceptors (Lipinski definition) is 16. The van der Waals surface area contributed by atoms with Crippen molar-refractivity contribution in [2.45, 2.75) is 136 Å². The fraction of sp³-hybridized carbons (Fsp3) is 0.706. The van der Waals surface area contributed by atoms with Gasteiger partial charge in [0.25, 0.3) is 0 Å². The van der Waals surface area contributed by atoms with E-state index in [-0.39, 0.29) is 22.8 Å². The lowest BCUT2D eigenvalue weighted by Gasteiger charge is -2.45. The molecule has 1 aromatic carbocycles. The summed E-state index contributed by atoms with van der Waals surface area (Å²) in [5.74, 6) is -0.252. The molecule has 0 aliphatic carbocycles. The average Bonchev–Trinajstić information content (AvgIpc) is 2.89. The van der Waals surface area contributed by atoms with Crippen molar-refractivity contribution in [2.24, 2.45) is 0 Å². The van der Waals surface area contributed by atoms with Gasteiger partial charge in [0.2, 0.25) is 0 Å². The highest BCUT2D eigenvalue weighted by molar-refractivity contribution is 5.64. The van der Waals surface area contributed by atoms with Crippen LogP contribution in [0.25, 0.3) is 0 Å². The maximum absolute atomic E-state index is 13.3. The van der Waals surface area contributed by atoms with Gasteiger partial charge in [-0.05, 0) is 83.1 Å². The number of ether oxygens (including phenoxy) is 11. The van der Waals surface area contributed by atoms with Crippen LogP contribution < -0.4 is 9.47 Å². The lowest BCUT2D eigenvalue weighted by atomic mass is 9.89. The highest BCUT2D eigenvalue weighted by Crippen LogP contribution is 2.46. The third-order valence-electron chi connectivity index (χ3n) is 6.07. The molecule has 1 saturated heterocycles. The lowest BCUT2D eigenvalue weighted by molar-refractivity contribution is -0.245. The van der Waals surface area contributed by atoms with E-state index in [1.54, 1.807) is 83.1 Å². The van der Waals surface area contributed by atoms with Crippen molar-refractivity contribution in [3.05, 3.63) is 17.7 Å². The zero-order chi connectivity index (χ0) is 38.4. The maximum atomic E-state index is 13.3. The molecule has 1 aromatic rings. The predicted molar refractivity (Wildman–Crippen MR) is 174 cm³/mol. The van der Waals surface area contributed by atoms with Crippen molar-refractivity contribution in [1.29, 1.82) is 0 Å². The Bertz CT molecular complexity index is 1320. The lowest BCUT2D eigenvalue weighted by Crippen LogP contribution is -2.60. The Morgan fingerprint density at radius 2 is 0.960 bits per heavy atom. The Labute approximate surface area is 292 Å². The highest BCUT2D eigenvalue weighted by atomic mass is 16.8. The second-order valence-corrected chi connectivity index (χ2v) is 15.3. The summed E-state index contributed by atoms with van der Waals surface area (Å²) in [7, 11) is 2.60. The summed E-state index contributed by atoms with van der Waals surface area (Å²) in [4.78, 5) is 52.4. The first-order valence-electron chi connectivity index (χ1n) is 15.9. The molecule has 0 amide bonds. The topological polar surface area (TPSA) is 190 Å². The van der Waals surface area contributed by atoms with E-state index in [0.717, 1.165) is 0 Å². The minimum atomic E-state index is -1.75. The Morgan fingerprint density at radius 3 is 1.34 bits per heavy atom. The molecule has 0 spiro atoms. The minimum Gasteiger partial charge on any atom is -0.508 e. The molecular weight excluding hydrogens is 664 g/mol. The van der Waals surface area contributed by atoms with E-state index in [0.29, 0.717) is 0 Å². The molecule has 1 heterocycles. The van der Waals surface area contributed by atoms with Crippen LogP contribution in [0.4, 0.5) is 19.2 Å². The first kappa shape index (κ1) is 41.8. The second kappa shape index (κ2) is 16.1. The van der Waals surface area contributed by atoms with E-state index in [1.807, 2.05) is 0 Å². The van der Waals surface area contributed by atoms with E-state index >= 15 is 0 Å². The zero-order valence-electron chi connectivity index (χ0n) is 31.3. The van der Waals surface area contributed by atoms with Gasteiger partial charge in [0.05, 0.1) is 19.8 Å². The molecule has 50 heavy (non-hydrogen) atoms. The van der Waals surface area contributed by atoms with Crippen LogP contribution in [0, 0.1) is 0 Å². The highest BCUT2D eigenvalue weighted by Gasteiger charge is 2.55. The summed E-state index contributed by atoms with van der Waals surface area (Å²) >= 11 is 0. The summed E-state index contributed by atoms with van der Waals surface area (Å²) in [5, 5.41) is 10.4. The standard InChI is InChI=1S/C34H52O16/c1-31(2,3)47-27(36)42-17-21-23(44-28(37)48-32(4,5)6)25(45-29(38)49-33(7,8)9)26(46-30(39)50-34(10,11)12)24(43-21)22-19(40-13)15-18(35)16-20(22)41-14/h15-16,21,23-26,35H,17H2,1-14H3/t21-,23+,24-,25?,26?/m0/s1. The van der Waals surface area contributed by atoms with Gasteiger partial charge in [-0.15, -0.1) is 0 Å². The number of carbonyl (C=O) groups excluding carboxylic acids is 4. The molecule has 2 unspecified atom stereocenters. The third-order valence-corrected chi connectivity index (χ3v) is 6.07. The molecular formula is C34H52O16. The number of rotatable bonds is 8. The molecule has 1 aliphatic heterocycles. The predicted octanol–water partition coefficient (Wildman–Crippen LogP) is 6.76. The number of phenols is 1. The molecule has 0 radical (unpaired) electrons. The van der Waals surface area contributed by atoms with E-state index in [2.05, 4.69) is 0 Å². The number of hydrogen-bond donors (Lipinski definition) is 1. The summed E-state index contributed by atoms with van der Waals surface area (Å²) in [6, 6.07) is 2.48. The maximum Gasteiger partial charge on any atom is 0.509 e. The number of benzene rings is 1. The van der Waals surface area contributed by atoms with E-state index < -0.39 is 84.2 Å². The fourth-order valence-corrected chi connectivity index (χ4v) is 4.48. The molecule has 16 heteroatoms. The zero-order valence-corrected chi connectivity index (χ0v) is 31.3. The van der Waals surface area contributed by atoms with E-state index in [1.165, 1.54) is 26.4 Å². The number of phenolic OH excluding ortho intramolecular Hbond substituents is 1. The Morgan fingerprint density at radius 1 is 0.600 bits per heavy atom.